The molecule has 1 aromatic rings. The molecule has 0 spiro atoms. The van der Waals surface area contributed by atoms with Crippen molar-refractivity contribution in [2.24, 2.45) is 11.7 Å². The Hall–Kier alpha value is -1.37. The van der Waals surface area contributed by atoms with Crippen LogP contribution in [0, 0.1) is 5.92 Å². The predicted octanol–water partition coefficient (Wildman–Crippen LogP) is 1.96. The van der Waals surface area contributed by atoms with Gasteiger partial charge in [-0.2, -0.15) is 0 Å². The van der Waals surface area contributed by atoms with Gasteiger partial charge in [0, 0.05) is 37.4 Å². The topological polar surface area (TPSA) is 97.1 Å². The van der Waals surface area contributed by atoms with Crippen molar-refractivity contribution in [2.75, 3.05) is 6.54 Å². The van der Waals surface area contributed by atoms with Crippen molar-refractivity contribution in [3.05, 3.63) is 30.1 Å². The number of nitrogens with one attached hydrogen (secondary N) is 2. The number of rotatable bonds is 6. The molecular formula is C17H28Cl2N4O2. The zero-order valence-corrected chi connectivity index (χ0v) is 16.1. The smallest absolute Gasteiger partial charge is 0.224 e. The van der Waals surface area contributed by atoms with Gasteiger partial charge in [-0.1, -0.05) is 18.9 Å². The SMILES string of the molecule is CC1(N)CCCCC1C(=O)NCCC(=O)NCc1cccnc1.Cl.Cl. The summed E-state index contributed by atoms with van der Waals surface area (Å²) in [5.41, 5.74) is 6.73. The van der Waals surface area contributed by atoms with E-state index in [-0.39, 0.29) is 49.0 Å². The fraction of sp³-hybridized carbons (Fsp3) is 0.588. The lowest BCUT2D eigenvalue weighted by Gasteiger charge is -2.37. The molecule has 142 valence electrons. The molecule has 0 radical (unpaired) electrons. The molecule has 6 nitrogen and oxygen atoms in total. The number of carbonyl (C=O) groups excluding carboxylic acids is 2. The monoisotopic (exact) mass is 390 g/mol. The summed E-state index contributed by atoms with van der Waals surface area (Å²) >= 11 is 0. The van der Waals surface area contributed by atoms with Crippen LogP contribution >= 0.6 is 24.8 Å². The molecule has 1 aliphatic rings. The fourth-order valence-corrected chi connectivity index (χ4v) is 3.00. The third-order valence-corrected chi connectivity index (χ3v) is 4.43. The molecule has 0 aliphatic heterocycles. The molecule has 25 heavy (non-hydrogen) atoms. The highest BCUT2D eigenvalue weighted by Gasteiger charge is 2.37. The summed E-state index contributed by atoms with van der Waals surface area (Å²) < 4.78 is 0. The third kappa shape index (κ3) is 7.59. The molecule has 2 atom stereocenters. The third-order valence-electron chi connectivity index (χ3n) is 4.43. The minimum absolute atomic E-state index is 0. The maximum atomic E-state index is 12.2. The highest BCUT2D eigenvalue weighted by Crippen LogP contribution is 2.31. The van der Waals surface area contributed by atoms with Crippen LogP contribution in [0.4, 0.5) is 0 Å². The summed E-state index contributed by atoms with van der Waals surface area (Å²) in [4.78, 5) is 28.0. The van der Waals surface area contributed by atoms with E-state index in [1.807, 2.05) is 19.1 Å². The zero-order chi connectivity index (χ0) is 16.7. The van der Waals surface area contributed by atoms with Gasteiger partial charge in [-0.25, -0.2) is 0 Å². The molecule has 2 unspecified atom stereocenters. The number of carbonyl (C=O) groups is 2. The summed E-state index contributed by atoms with van der Waals surface area (Å²) in [7, 11) is 0. The van der Waals surface area contributed by atoms with E-state index in [1.165, 1.54) is 0 Å². The molecule has 0 bridgehead atoms. The number of halogens is 2. The first kappa shape index (κ1) is 23.6. The second-order valence-electron chi connectivity index (χ2n) is 6.48. The zero-order valence-electron chi connectivity index (χ0n) is 14.5. The summed E-state index contributed by atoms with van der Waals surface area (Å²) in [6, 6.07) is 3.73. The molecule has 1 aromatic heterocycles. The van der Waals surface area contributed by atoms with Gasteiger partial charge in [0.2, 0.25) is 11.8 Å². The molecule has 1 saturated carbocycles. The average molecular weight is 391 g/mol. The van der Waals surface area contributed by atoms with Crippen molar-refractivity contribution in [3.8, 4) is 0 Å². The molecular weight excluding hydrogens is 363 g/mol. The van der Waals surface area contributed by atoms with Crippen LogP contribution in [0.15, 0.2) is 24.5 Å². The van der Waals surface area contributed by atoms with Crippen LogP contribution in [0.25, 0.3) is 0 Å². The minimum Gasteiger partial charge on any atom is -0.355 e. The van der Waals surface area contributed by atoms with Crippen LogP contribution in [-0.2, 0) is 16.1 Å². The molecule has 1 aliphatic carbocycles. The van der Waals surface area contributed by atoms with Crippen molar-refractivity contribution in [2.45, 2.75) is 51.1 Å². The number of amides is 2. The molecule has 1 heterocycles. The molecule has 2 rings (SSSR count). The van der Waals surface area contributed by atoms with E-state index in [0.717, 1.165) is 31.2 Å². The lowest BCUT2D eigenvalue weighted by atomic mass is 9.74. The Kier molecular flexibility index (Phi) is 10.7. The van der Waals surface area contributed by atoms with E-state index in [2.05, 4.69) is 15.6 Å². The Morgan fingerprint density at radius 1 is 1.32 bits per heavy atom. The molecule has 2 amide bonds. The summed E-state index contributed by atoms with van der Waals surface area (Å²) in [5, 5.41) is 5.66. The van der Waals surface area contributed by atoms with Crippen molar-refractivity contribution < 1.29 is 9.59 Å². The number of hydrogen-bond donors (Lipinski definition) is 3. The van der Waals surface area contributed by atoms with Crippen LogP contribution in [0.2, 0.25) is 0 Å². The normalized spacial score (nSPS) is 22.1. The molecule has 4 N–H and O–H groups in total. The minimum atomic E-state index is -0.440. The number of pyridine rings is 1. The van der Waals surface area contributed by atoms with Crippen LogP contribution in [0.1, 0.15) is 44.6 Å². The number of hydrogen-bond acceptors (Lipinski definition) is 4. The summed E-state index contributed by atoms with van der Waals surface area (Å²) in [6.45, 7) is 2.73. The Balaban J connectivity index is 0.00000288. The van der Waals surface area contributed by atoms with Gasteiger partial charge in [0.15, 0.2) is 0 Å². The summed E-state index contributed by atoms with van der Waals surface area (Å²) in [6.07, 6.45) is 7.48. The molecule has 0 saturated heterocycles. The molecule has 8 heteroatoms. The van der Waals surface area contributed by atoms with E-state index < -0.39 is 5.54 Å². The maximum absolute atomic E-state index is 12.2. The highest BCUT2D eigenvalue weighted by molar-refractivity contribution is 5.85. The number of nitrogens with zero attached hydrogens (tertiary/aromatic N) is 1. The van der Waals surface area contributed by atoms with Crippen molar-refractivity contribution in [3.63, 3.8) is 0 Å². The first-order valence-corrected chi connectivity index (χ1v) is 8.21. The average Bonchev–Trinajstić information content (AvgIpc) is 2.53. The van der Waals surface area contributed by atoms with E-state index in [9.17, 15) is 9.59 Å². The fourth-order valence-electron chi connectivity index (χ4n) is 3.00. The largest absolute Gasteiger partial charge is 0.355 e. The van der Waals surface area contributed by atoms with Gasteiger partial charge >= 0.3 is 0 Å². The Labute approximate surface area is 161 Å². The molecule has 1 fully saturated rings. The second-order valence-corrected chi connectivity index (χ2v) is 6.48. The van der Waals surface area contributed by atoms with Crippen LogP contribution in [-0.4, -0.2) is 28.9 Å². The van der Waals surface area contributed by atoms with Gasteiger partial charge in [0.1, 0.15) is 0 Å². The number of aromatic nitrogens is 1. The summed E-state index contributed by atoms with van der Waals surface area (Å²) in [5.74, 6) is -0.280. The van der Waals surface area contributed by atoms with Crippen molar-refractivity contribution >= 4 is 36.6 Å². The highest BCUT2D eigenvalue weighted by atomic mass is 35.5. The van der Waals surface area contributed by atoms with E-state index in [0.29, 0.717) is 13.1 Å². The van der Waals surface area contributed by atoms with Crippen molar-refractivity contribution in [1.29, 1.82) is 0 Å². The Morgan fingerprint density at radius 3 is 2.72 bits per heavy atom. The predicted molar refractivity (Wildman–Crippen MR) is 103 cm³/mol. The van der Waals surface area contributed by atoms with Gasteiger partial charge in [-0.3, -0.25) is 14.6 Å². The number of nitrogens with two attached hydrogens (primary N) is 1. The van der Waals surface area contributed by atoms with Crippen molar-refractivity contribution in [1.82, 2.24) is 15.6 Å². The van der Waals surface area contributed by atoms with E-state index >= 15 is 0 Å². The van der Waals surface area contributed by atoms with Crippen LogP contribution < -0.4 is 16.4 Å². The Morgan fingerprint density at radius 2 is 2.08 bits per heavy atom. The maximum Gasteiger partial charge on any atom is 0.224 e. The first-order valence-electron chi connectivity index (χ1n) is 8.21. The first-order chi connectivity index (χ1) is 11.0. The van der Waals surface area contributed by atoms with E-state index in [1.54, 1.807) is 12.4 Å². The Bertz CT molecular complexity index is 541. The van der Waals surface area contributed by atoms with Gasteiger partial charge in [-0.15, -0.1) is 24.8 Å². The standard InChI is InChI=1S/C17H26N4O2.2ClH/c1-17(18)8-3-2-6-14(17)16(23)20-10-7-15(22)21-12-13-5-4-9-19-11-13;;/h4-5,9,11,14H,2-3,6-8,10,12,18H2,1H3,(H,20,23)(H,21,22);2*1H. The molecule has 0 aromatic carbocycles. The lowest BCUT2D eigenvalue weighted by Crippen LogP contribution is -2.53. The van der Waals surface area contributed by atoms with Crippen LogP contribution in [0.3, 0.4) is 0 Å². The van der Waals surface area contributed by atoms with Crippen LogP contribution in [0.5, 0.6) is 0 Å². The van der Waals surface area contributed by atoms with E-state index in [4.69, 9.17) is 5.73 Å². The lowest BCUT2D eigenvalue weighted by molar-refractivity contribution is -0.128. The van der Waals surface area contributed by atoms with Gasteiger partial charge in [0.25, 0.3) is 0 Å². The van der Waals surface area contributed by atoms with Gasteiger partial charge < -0.3 is 16.4 Å². The van der Waals surface area contributed by atoms with Gasteiger partial charge in [-0.05, 0) is 31.4 Å². The quantitative estimate of drug-likeness (QED) is 0.691. The second kappa shape index (κ2) is 11.3. The van der Waals surface area contributed by atoms with Gasteiger partial charge in [0.05, 0.1) is 5.92 Å².